The number of benzene rings is 1. The molecule has 1 aromatic rings. The van der Waals surface area contributed by atoms with Crippen LogP contribution in [-0.4, -0.2) is 33.4 Å². The predicted octanol–water partition coefficient (Wildman–Crippen LogP) is 2.46. The molecule has 1 aromatic carbocycles. The lowest BCUT2D eigenvalue weighted by Gasteiger charge is -2.19. The fraction of sp³-hybridized carbons (Fsp3) is 0.462. The van der Waals surface area contributed by atoms with Crippen molar-refractivity contribution in [2.45, 2.75) is 26.1 Å². The molecule has 0 bridgehead atoms. The van der Waals surface area contributed by atoms with Gasteiger partial charge in [-0.2, -0.15) is 0 Å². The lowest BCUT2D eigenvalue weighted by Crippen LogP contribution is -2.29. The standard InChI is InChI=1S/C13H21NO3Si/c1-14(16-2)13(15)10-11-6-8-12(9-7-11)17-18(3,4)5/h6-9H,10H2,1-5H3. The molecule has 0 N–H and O–H groups in total. The quantitative estimate of drug-likeness (QED) is 0.607. The number of hydrogen-bond donors (Lipinski definition) is 0. The monoisotopic (exact) mass is 267 g/mol. The summed E-state index contributed by atoms with van der Waals surface area (Å²) in [5, 5.41) is 1.23. The molecule has 0 saturated carbocycles. The Bertz CT molecular complexity index is 398. The minimum absolute atomic E-state index is 0.0728. The normalized spacial score (nSPS) is 11.2. The molecule has 0 fully saturated rings. The molecule has 0 spiro atoms. The zero-order chi connectivity index (χ0) is 13.8. The van der Waals surface area contributed by atoms with Gasteiger partial charge in [0.25, 0.3) is 0 Å². The number of rotatable bonds is 5. The SMILES string of the molecule is CON(C)C(=O)Cc1ccc(O[Si](C)(C)C)cc1. The Kier molecular flexibility index (Phi) is 4.92. The Labute approximate surface area is 110 Å². The van der Waals surface area contributed by atoms with E-state index in [2.05, 4.69) is 19.6 Å². The van der Waals surface area contributed by atoms with Gasteiger partial charge in [-0.15, -0.1) is 0 Å². The second kappa shape index (κ2) is 6.02. The molecule has 0 heterocycles. The number of likely N-dealkylation sites (N-methyl/N-ethyl adjacent to an activating group) is 1. The molecule has 0 aliphatic heterocycles. The van der Waals surface area contributed by atoms with Gasteiger partial charge in [-0.3, -0.25) is 9.63 Å². The highest BCUT2D eigenvalue weighted by molar-refractivity contribution is 6.70. The van der Waals surface area contributed by atoms with Crippen molar-refractivity contribution in [1.82, 2.24) is 5.06 Å². The summed E-state index contributed by atoms with van der Waals surface area (Å²) in [7, 11) is 1.51. The van der Waals surface area contributed by atoms with Gasteiger partial charge in [0.15, 0.2) is 0 Å². The van der Waals surface area contributed by atoms with E-state index >= 15 is 0 Å². The van der Waals surface area contributed by atoms with Gasteiger partial charge in [-0.1, -0.05) is 12.1 Å². The molecule has 0 unspecified atom stereocenters. The fourth-order valence-electron chi connectivity index (χ4n) is 1.42. The third kappa shape index (κ3) is 4.89. The van der Waals surface area contributed by atoms with E-state index in [0.717, 1.165) is 11.3 Å². The van der Waals surface area contributed by atoms with Crippen LogP contribution in [0.15, 0.2) is 24.3 Å². The smallest absolute Gasteiger partial charge is 0.250 e. The van der Waals surface area contributed by atoms with Gasteiger partial charge in [-0.05, 0) is 37.3 Å². The van der Waals surface area contributed by atoms with Crippen molar-refractivity contribution in [2.24, 2.45) is 0 Å². The molecular weight excluding hydrogens is 246 g/mol. The summed E-state index contributed by atoms with van der Waals surface area (Å²) in [6.07, 6.45) is 0.331. The van der Waals surface area contributed by atoms with Gasteiger partial charge in [0.05, 0.1) is 13.5 Å². The van der Waals surface area contributed by atoms with Gasteiger partial charge < -0.3 is 4.43 Å². The molecule has 0 aliphatic rings. The van der Waals surface area contributed by atoms with Gasteiger partial charge in [-0.25, -0.2) is 5.06 Å². The Balaban J connectivity index is 2.63. The highest BCUT2D eigenvalue weighted by Crippen LogP contribution is 2.17. The largest absolute Gasteiger partial charge is 0.544 e. The first-order valence-corrected chi connectivity index (χ1v) is 9.31. The molecule has 4 nitrogen and oxygen atoms in total. The number of amides is 1. The zero-order valence-corrected chi connectivity index (χ0v) is 12.7. The topological polar surface area (TPSA) is 38.8 Å². The van der Waals surface area contributed by atoms with Gasteiger partial charge in [0.1, 0.15) is 5.75 Å². The van der Waals surface area contributed by atoms with E-state index in [4.69, 9.17) is 9.26 Å². The van der Waals surface area contributed by atoms with E-state index in [-0.39, 0.29) is 5.91 Å². The van der Waals surface area contributed by atoms with Crippen molar-refractivity contribution in [3.8, 4) is 5.75 Å². The first-order chi connectivity index (χ1) is 8.31. The Morgan fingerprint density at radius 3 is 2.22 bits per heavy atom. The Hall–Kier alpha value is -1.33. The summed E-state index contributed by atoms with van der Waals surface area (Å²) in [5.74, 6) is 0.793. The van der Waals surface area contributed by atoms with E-state index < -0.39 is 8.32 Å². The van der Waals surface area contributed by atoms with Crippen LogP contribution in [0.1, 0.15) is 5.56 Å². The van der Waals surface area contributed by atoms with E-state index in [1.807, 2.05) is 24.3 Å². The van der Waals surface area contributed by atoms with Gasteiger partial charge in [0, 0.05) is 7.05 Å². The first kappa shape index (κ1) is 14.7. The molecule has 1 rings (SSSR count). The molecule has 5 heteroatoms. The molecule has 1 amide bonds. The molecule has 0 aromatic heterocycles. The second-order valence-electron chi connectivity index (χ2n) is 5.11. The average Bonchev–Trinajstić information content (AvgIpc) is 2.28. The maximum Gasteiger partial charge on any atom is 0.250 e. The van der Waals surface area contributed by atoms with Crippen LogP contribution in [-0.2, 0) is 16.1 Å². The second-order valence-corrected chi connectivity index (χ2v) is 9.54. The summed E-state index contributed by atoms with van der Waals surface area (Å²) < 4.78 is 5.85. The van der Waals surface area contributed by atoms with Crippen molar-refractivity contribution < 1.29 is 14.1 Å². The molecule has 18 heavy (non-hydrogen) atoms. The van der Waals surface area contributed by atoms with E-state index in [0.29, 0.717) is 6.42 Å². The molecule has 0 atom stereocenters. The maximum atomic E-state index is 11.6. The Morgan fingerprint density at radius 2 is 1.78 bits per heavy atom. The fourth-order valence-corrected chi connectivity index (χ4v) is 2.26. The summed E-state index contributed by atoms with van der Waals surface area (Å²) in [5.41, 5.74) is 0.951. The number of nitrogens with zero attached hydrogens (tertiary/aromatic N) is 1. The summed E-state index contributed by atoms with van der Waals surface area (Å²) in [6, 6.07) is 7.65. The van der Waals surface area contributed by atoms with Crippen molar-refractivity contribution in [1.29, 1.82) is 0 Å². The molecular formula is C13H21NO3Si. The van der Waals surface area contributed by atoms with Crippen LogP contribution in [0.4, 0.5) is 0 Å². The lowest BCUT2D eigenvalue weighted by molar-refractivity contribution is -0.167. The van der Waals surface area contributed by atoms with E-state index in [1.54, 1.807) is 7.05 Å². The number of hydroxylamine groups is 2. The zero-order valence-electron chi connectivity index (χ0n) is 11.7. The minimum atomic E-state index is -1.57. The van der Waals surface area contributed by atoms with Crippen molar-refractivity contribution in [3.63, 3.8) is 0 Å². The van der Waals surface area contributed by atoms with E-state index in [9.17, 15) is 4.79 Å². The van der Waals surface area contributed by atoms with Crippen molar-refractivity contribution in [3.05, 3.63) is 29.8 Å². The van der Waals surface area contributed by atoms with E-state index in [1.165, 1.54) is 12.2 Å². The maximum absolute atomic E-state index is 11.6. The lowest BCUT2D eigenvalue weighted by atomic mass is 10.1. The first-order valence-electron chi connectivity index (χ1n) is 5.90. The third-order valence-electron chi connectivity index (χ3n) is 2.33. The minimum Gasteiger partial charge on any atom is -0.544 e. The molecule has 0 aliphatic carbocycles. The van der Waals surface area contributed by atoms with Gasteiger partial charge >= 0.3 is 0 Å². The number of carbonyl (C=O) groups excluding carboxylic acids is 1. The third-order valence-corrected chi connectivity index (χ3v) is 3.18. The van der Waals surface area contributed by atoms with Crippen LogP contribution >= 0.6 is 0 Å². The predicted molar refractivity (Wildman–Crippen MR) is 73.9 cm³/mol. The number of hydrogen-bond acceptors (Lipinski definition) is 3. The van der Waals surface area contributed by atoms with Crippen molar-refractivity contribution >= 4 is 14.2 Å². The molecule has 0 saturated heterocycles. The van der Waals surface area contributed by atoms with Crippen LogP contribution in [0.5, 0.6) is 5.75 Å². The average molecular weight is 267 g/mol. The van der Waals surface area contributed by atoms with Gasteiger partial charge in [0.2, 0.25) is 14.2 Å². The molecule has 0 radical (unpaired) electrons. The summed E-state index contributed by atoms with van der Waals surface area (Å²) in [6.45, 7) is 6.41. The molecule has 100 valence electrons. The summed E-state index contributed by atoms with van der Waals surface area (Å²) >= 11 is 0. The van der Waals surface area contributed by atoms with Crippen LogP contribution < -0.4 is 4.43 Å². The van der Waals surface area contributed by atoms with Crippen LogP contribution in [0.2, 0.25) is 19.6 Å². The van der Waals surface area contributed by atoms with Crippen LogP contribution in [0.25, 0.3) is 0 Å². The Morgan fingerprint density at radius 1 is 1.22 bits per heavy atom. The highest BCUT2D eigenvalue weighted by Gasteiger charge is 2.16. The van der Waals surface area contributed by atoms with Crippen LogP contribution in [0.3, 0.4) is 0 Å². The highest BCUT2D eigenvalue weighted by atomic mass is 28.4. The number of carbonyl (C=O) groups is 1. The van der Waals surface area contributed by atoms with Crippen LogP contribution in [0, 0.1) is 0 Å². The van der Waals surface area contributed by atoms with Crippen molar-refractivity contribution in [2.75, 3.05) is 14.2 Å². The summed E-state index contributed by atoms with van der Waals surface area (Å²) in [4.78, 5) is 16.5.